The van der Waals surface area contributed by atoms with Gasteiger partial charge in [-0.15, -0.1) is 0 Å². The van der Waals surface area contributed by atoms with Gasteiger partial charge in [-0.1, -0.05) is 45.4 Å². The molecule has 0 aromatic heterocycles. The minimum absolute atomic E-state index is 0.0836. The average Bonchev–Trinajstić information content (AvgIpc) is 2.62. The third kappa shape index (κ3) is 8.97. The van der Waals surface area contributed by atoms with E-state index >= 15 is 0 Å². The maximum atomic E-state index is 11.1. The molecule has 1 atom stereocenters. The zero-order chi connectivity index (χ0) is 18.3. The van der Waals surface area contributed by atoms with Gasteiger partial charge >= 0.3 is 5.97 Å². The van der Waals surface area contributed by atoms with Crippen LogP contribution in [0.15, 0.2) is 0 Å². The van der Waals surface area contributed by atoms with Crippen LogP contribution in [0.3, 0.4) is 0 Å². The topological polar surface area (TPSA) is 80.0 Å². The fourth-order valence-corrected chi connectivity index (χ4v) is 2.99. The van der Waals surface area contributed by atoms with Gasteiger partial charge in [0, 0.05) is 27.2 Å². The number of ether oxygens (including phenoxy) is 4. The van der Waals surface area contributed by atoms with Crippen LogP contribution in [0.5, 0.6) is 0 Å². The summed E-state index contributed by atoms with van der Waals surface area (Å²) in [6.07, 6.45) is 9.88. The van der Waals surface area contributed by atoms with Crippen molar-refractivity contribution < 1.29 is 23.7 Å². The molecule has 0 amide bonds. The highest BCUT2D eigenvalue weighted by Gasteiger charge is 2.39. The molecule has 6 nitrogen and oxygen atoms in total. The SMILES string of the molecule is CCCCCCCCC(CCCOC(=O)CN)C(OC)(OC)OC. The molecule has 0 saturated heterocycles. The van der Waals surface area contributed by atoms with Crippen LogP contribution in [0, 0.1) is 5.92 Å². The van der Waals surface area contributed by atoms with Gasteiger partial charge in [0.05, 0.1) is 13.2 Å². The molecular weight excluding hydrogens is 310 g/mol. The molecule has 0 aromatic carbocycles. The van der Waals surface area contributed by atoms with Crippen molar-refractivity contribution in [1.29, 1.82) is 0 Å². The van der Waals surface area contributed by atoms with E-state index in [1.807, 2.05) is 0 Å². The third-order valence-corrected chi connectivity index (χ3v) is 4.39. The number of esters is 1. The van der Waals surface area contributed by atoms with Gasteiger partial charge in [0.25, 0.3) is 5.97 Å². The number of carbonyl (C=O) groups excluding carboxylic acids is 1. The Hall–Kier alpha value is -0.690. The second-order valence-corrected chi connectivity index (χ2v) is 6.04. The molecule has 0 bridgehead atoms. The molecule has 0 aliphatic carbocycles. The maximum absolute atomic E-state index is 11.1. The van der Waals surface area contributed by atoms with Gasteiger partial charge in [-0.25, -0.2) is 0 Å². The van der Waals surface area contributed by atoms with Gasteiger partial charge in [-0.2, -0.15) is 0 Å². The summed E-state index contributed by atoms with van der Waals surface area (Å²) < 4.78 is 21.6. The molecule has 0 aliphatic heterocycles. The molecule has 0 fully saturated rings. The summed E-state index contributed by atoms with van der Waals surface area (Å²) in [5.41, 5.74) is 5.23. The monoisotopic (exact) mass is 347 g/mol. The molecular formula is C18H37NO5. The summed E-state index contributed by atoms with van der Waals surface area (Å²) >= 11 is 0. The minimum atomic E-state index is -1.04. The first-order valence-electron chi connectivity index (χ1n) is 9.11. The Kier molecular flexibility index (Phi) is 14.2. The first kappa shape index (κ1) is 23.3. The first-order chi connectivity index (χ1) is 11.6. The Morgan fingerprint density at radius 2 is 1.46 bits per heavy atom. The molecule has 0 saturated carbocycles. The summed E-state index contributed by atoms with van der Waals surface area (Å²) in [6.45, 7) is 2.49. The summed E-state index contributed by atoms with van der Waals surface area (Å²) in [7, 11) is 4.78. The molecule has 0 radical (unpaired) electrons. The molecule has 0 heterocycles. The van der Waals surface area contributed by atoms with E-state index in [0.29, 0.717) is 6.61 Å². The Morgan fingerprint density at radius 1 is 0.917 bits per heavy atom. The molecule has 0 aliphatic rings. The summed E-state index contributed by atoms with van der Waals surface area (Å²) in [5, 5.41) is 0. The Balaban J connectivity index is 4.40. The van der Waals surface area contributed by atoms with Gasteiger partial charge in [0.2, 0.25) is 0 Å². The van der Waals surface area contributed by atoms with Crippen LogP contribution >= 0.6 is 0 Å². The molecule has 0 aromatic rings. The molecule has 2 N–H and O–H groups in total. The predicted octanol–water partition coefficient (Wildman–Crippen LogP) is 3.23. The van der Waals surface area contributed by atoms with Gasteiger partial charge in [0.1, 0.15) is 0 Å². The van der Waals surface area contributed by atoms with Gasteiger partial charge in [0.15, 0.2) is 0 Å². The van der Waals surface area contributed by atoms with Crippen LogP contribution in [-0.4, -0.2) is 46.4 Å². The van der Waals surface area contributed by atoms with E-state index in [-0.39, 0.29) is 18.4 Å². The molecule has 144 valence electrons. The second kappa shape index (κ2) is 14.6. The molecule has 1 unspecified atom stereocenters. The summed E-state index contributed by atoms with van der Waals surface area (Å²) in [5.74, 6) is -1.33. The zero-order valence-corrected chi connectivity index (χ0v) is 16.0. The molecule has 0 spiro atoms. The lowest BCUT2D eigenvalue weighted by atomic mass is 9.93. The highest BCUT2D eigenvalue weighted by Crippen LogP contribution is 2.32. The molecule has 0 rings (SSSR count). The van der Waals surface area contributed by atoms with Crippen LogP contribution < -0.4 is 5.73 Å². The van der Waals surface area contributed by atoms with Crippen LogP contribution in [0.2, 0.25) is 0 Å². The van der Waals surface area contributed by atoms with Crippen LogP contribution in [0.25, 0.3) is 0 Å². The van der Waals surface area contributed by atoms with Crippen molar-refractivity contribution in [1.82, 2.24) is 0 Å². The minimum Gasteiger partial charge on any atom is -0.465 e. The van der Waals surface area contributed by atoms with E-state index in [4.69, 9.17) is 24.7 Å². The Labute approximate surface area is 147 Å². The normalized spacial score (nSPS) is 13.0. The van der Waals surface area contributed by atoms with Crippen molar-refractivity contribution in [2.24, 2.45) is 11.7 Å². The number of hydrogen-bond acceptors (Lipinski definition) is 6. The quantitative estimate of drug-likeness (QED) is 0.262. The fraction of sp³-hybridized carbons (Fsp3) is 0.944. The van der Waals surface area contributed by atoms with E-state index in [1.54, 1.807) is 21.3 Å². The van der Waals surface area contributed by atoms with Gasteiger partial charge in [-0.05, 0) is 19.3 Å². The third-order valence-electron chi connectivity index (χ3n) is 4.39. The lowest BCUT2D eigenvalue weighted by molar-refractivity contribution is -0.380. The van der Waals surface area contributed by atoms with E-state index in [0.717, 1.165) is 25.7 Å². The number of carbonyl (C=O) groups is 1. The van der Waals surface area contributed by atoms with Crippen molar-refractivity contribution in [3.8, 4) is 0 Å². The highest BCUT2D eigenvalue weighted by molar-refractivity contribution is 5.71. The number of unbranched alkanes of at least 4 members (excludes halogenated alkanes) is 5. The largest absolute Gasteiger partial charge is 0.465 e. The fourth-order valence-electron chi connectivity index (χ4n) is 2.99. The van der Waals surface area contributed by atoms with Gasteiger partial charge < -0.3 is 24.7 Å². The average molecular weight is 347 g/mol. The second-order valence-electron chi connectivity index (χ2n) is 6.04. The van der Waals surface area contributed by atoms with E-state index in [9.17, 15) is 4.79 Å². The smallest absolute Gasteiger partial charge is 0.319 e. The van der Waals surface area contributed by atoms with Crippen LogP contribution in [0.4, 0.5) is 0 Å². The number of methoxy groups -OCH3 is 3. The van der Waals surface area contributed by atoms with Crippen molar-refractivity contribution in [2.45, 2.75) is 70.7 Å². The Bertz CT molecular complexity index is 300. The van der Waals surface area contributed by atoms with Crippen molar-refractivity contribution in [3.63, 3.8) is 0 Å². The highest BCUT2D eigenvalue weighted by atomic mass is 16.9. The number of rotatable bonds is 16. The van der Waals surface area contributed by atoms with E-state index < -0.39 is 5.97 Å². The van der Waals surface area contributed by atoms with Crippen molar-refractivity contribution in [2.75, 3.05) is 34.5 Å². The predicted molar refractivity (Wildman–Crippen MR) is 94.5 cm³/mol. The van der Waals surface area contributed by atoms with Crippen LogP contribution in [-0.2, 0) is 23.7 Å². The Morgan fingerprint density at radius 3 is 2.00 bits per heavy atom. The summed E-state index contributed by atoms with van der Waals surface area (Å²) in [6, 6.07) is 0. The zero-order valence-electron chi connectivity index (χ0n) is 16.0. The van der Waals surface area contributed by atoms with E-state index in [2.05, 4.69) is 6.92 Å². The lowest BCUT2D eigenvalue weighted by Gasteiger charge is -2.36. The van der Waals surface area contributed by atoms with Crippen LogP contribution in [0.1, 0.15) is 64.7 Å². The van der Waals surface area contributed by atoms with Crippen molar-refractivity contribution >= 4 is 5.97 Å². The molecule has 6 heteroatoms. The van der Waals surface area contributed by atoms with Crippen molar-refractivity contribution in [3.05, 3.63) is 0 Å². The lowest BCUT2D eigenvalue weighted by Crippen LogP contribution is -2.44. The van der Waals surface area contributed by atoms with Gasteiger partial charge in [-0.3, -0.25) is 4.79 Å². The first-order valence-corrected chi connectivity index (χ1v) is 9.11. The number of hydrogen-bond donors (Lipinski definition) is 1. The number of nitrogens with two attached hydrogens (primary N) is 1. The summed E-state index contributed by atoms with van der Waals surface area (Å²) in [4.78, 5) is 11.1. The standard InChI is InChI=1S/C18H37NO5/c1-5-6-7-8-9-10-12-16(18(21-2,22-3)23-4)13-11-14-24-17(20)15-19/h16H,5-15,19H2,1-4H3. The molecule has 24 heavy (non-hydrogen) atoms. The maximum Gasteiger partial charge on any atom is 0.319 e. The van der Waals surface area contributed by atoms with E-state index in [1.165, 1.54) is 32.1 Å².